The molecule has 0 saturated heterocycles. The molecule has 2 aromatic rings. The molecule has 9 nitrogen and oxygen atoms in total. The molecule has 0 spiro atoms. The highest BCUT2D eigenvalue weighted by Crippen LogP contribution is 2.41. The van der Waals surface area contributed by atoms with E-state index < -0.39 is 23.1 Å². The third-order valence-electron chi connectivity index (χ3n) is 4.31. The van der Waals surface area contributed by atoms with E-state index in [1.54, 1.807) is 19.9 Å². The van der Waals surface area contributed by atoms with Crippen LogP contribution in [0.25, 0.3) is 0 Å². The fraction of sp³-hybridized carbons (Fsp3) is 0.278. The van der Waals surface area contributed by atoms with E-state index in [9.17, 15) is 19.5 Å². The number of allylic oxidation sites excluding steroid dienone is 1. The lowest BCUT2D eigenvalue weighted by Gasteiger charge is -2.28. The third kappa shape index (κ3) is 3.19. The van der Waals surface area contributed by atoms with Crippen molar-refractivity contribution in [2.75, 3.05) is 19.0 Å². The Morgan fingerprint density at radius 3 is 2.67 bits per heavy atom. The van der Waals surface area contributed by atoms with Crippen LogP contribution in [0.15, 0.2) is 39.1 Å². The van der Waals surface area contributed by atoms with Crippen LogP contribution in [0.1, 0.15) is 30.9 Å². The SMILES string of the molecule is CCOC(=O)C1=C(C)Nc2[nH]c(=O)[nH]c(=O)c2C1c1ccc(O)c(OC)c1. The number of benzene rings is 1. The minimum atomic E-state index is -0.824. The Morgan fingerprint density at radius 1 is 1.26 bits per heavy atom. The molecule has 3 rings (SSSR count). The predicted molar refractivity (Wildman–Crippen MR) is 97.1 cm³/mol. The van der Waals surface area contributed by atoms with Crippen LogP contribution < -0.4 is 21.3 Å². The van der Waals surface area contributed by atoms with Crippen molar-refractivity contribution in [2.24, 2.45) is 0 Å². The highest BCUT2D eigenvalue weighted by molar-refractivity contribution is 5.94. The Hall–Kier alpha value is -3.49. The summed E-state index contributed by atoms with van der Waals surface area (Å²) in [6.45, 7) is 3.50. The van der Waals surface area contributed by atoms with Crippen molar-refractivity contribution in [1.29, 1.82) is 0 Å². The van der Waals surface area contributed by atoms with E-state index in [0.29, 0.717) is 11.3 Å². The average molecular weight is 373 g/mol. The molecular formula is C18H19N3O6. The molecule has 4 N–H and O–H groups in total. The zero-order chi connectivity index (χ0) is 19.7. The fourth-order valence-corrected chi connectivity index (χ4v) is 3.17. The number of carbonyl (C=O) groups is 1. The second kappa shape index (κ2) is 7.02. The first kappa shape index (κ1) is 18.3. The molecule has 0 fully saturated rings. The molecule has 9 heteroatoms. The van der Waals surface area contributed by atoms with E-state index in [1.807, 2.05) is 0 Å². The molecule has 1 atom stereocenters. The number of anilines is 1. The minimum absolute atomic E-state index is 0.0795. The van der Waals surface area contributed by atoms with Crippen molar-refractivity contribution in [1.82, 2.24) is 9.97 Å². The molecule has 2 heterocycles. The smallest absolute Gasteiger partial charge is 0.336 e. The molecule has 0 radical (unpaired) electrons. The van der Waals surface area contributed by atoms with Crippen LogP contribution in [0.5, 0.6) is 11.5 Å². The summed E-state index contributed by atoms with van der Waals surface area (Å²) in [4.78, 5) is 41.6. The van der Waals surface area contributed by atoms with E-state index >= 15 is 0 Å². The number of nitrogens with one attached hydrogen (secondary N) is 3. The summed E-state index contributed by atoms with van der Waals surface area (Å²) in [6, 6.07) is 4.52. The molecule has 0 aliphatic carbocycles. The largest absolute Gasteiger partial charge is 0.504 e. The summed E-state index contributed by atoms with van der Waals surface area (Å²) in [5.41, 5.74) is 0.0606. The first-order chi connectivity index (χ1) is 12.9. The van der Waals surface area contributed by atoms with Crippen LogP contribution in [-0.2, 0) is 9.53 Å². The first-order valence-electron chi connectivity index (χ1n) is 8.25. The molecule has 0 bridgehead atoms. The highest BCUT2D eigenvalue weighted by Gasteiger charge is 2.36. The summed E-state index contributed by atoms with van der Waals surface area (Å²) in [5, 5.41) is 12.8. The summed E-state index contributed by atoms with van der Waals surface area (Å²) < 4.78 is 10.3. The number of phenolic OH excluding ortho intramolecular Hbond substituents is 1. The number of aromatic hydroxyl groups is 1. The van der Waals surface area contributed by atoms with Gasteiger partial charge in [-0.2, -0.15) is 0 Å². The Bertz CT molecular complexity index is 1050. The maximum atomic E-state index is 12.6. The number of fused-ring (bicyclic) bond motifs is 1. The fourth-order valence-electron chi connectivity index (χ4n) is 3.17. The number of methoxy groups -OCH3 is 1. The van der Waals surface area contributed by atoms with Crippen LogP contribution in [0.3, 0.4) is 0 Å². The lowest BCUT2D eigenvalue weighted by Crippen LogP contribution is -2.35. The third-order valence-corrected chi connectivity index (χ3v) is 4.31. The number of esters is 1. The first-order valence-corrected chi connectivity index (χ1v) is 8.25. The monoisotopic (exact) mass is 373 g/mol. The molecule has 1 aliphatic rings. The Kier molecular flexibility index (Phi) is 4.76. The number of ether oxygens (including phenoxy) is 2. The van der Waals surface area contributed by atoms with Gasteiger partial charge in [0.2, 0.25) is 0 Å². The van der Waals surface area contributed by atoms with E-state index in [-0.39, 0.29) is 35.1 Å². The average Bonchev–Trinajstić information content (AvgIpc) is 2.60. The highest BCUT2D eigenvalue weighted by atomic mass is 16.5. The van der Waals surface area contributed by atoms with Gasteiger partial charge in [-0.15, -0.1) is 0 Å². The maximum absolute atomic E-state index is 12.6. The Labute approximate surface area is 153 Å². The zero-order valence-electron chi connectivity index (χ0n) is 15.0. The molecule has 1 aliphatic heterocycles. The predicted octanol–water partition coefficient (Wildman–Crippen LogP) is 1.17. The van der Waals surface area contributed by atoms with Crippen molar-refractivity contribution in [3.63, 3.8) is 0 Å². The van der Waals surface area contributed by atoms with Crippen molar-refractivity contribution in [2.45, 2.75) is 19.8 Å². The zero-order valence-corrected chi connectivity index (χ0v) is 15.0. The van der Waals surface area contributed by atoms with E-state index in [4.69, 9.17) is 9.47 Å². The van der Waals surface area contributed by atoms with E-state index in [0.717, 1.165) is 0 Å². The maximum Gasteiger partial charge on any atom is 0.336 e. The Balaban J connectivity index is 2.30. The van der Waals surface area contributed by atoms with Crippen molar-refractivity contribution in [3.05, 3.63) is 61.4 Å². The van der Waals surface area contributed by atoms with Crippen LogP contribution >= 0.6 is 0 Å². The number of hydrogen-bond acceptors (Lipinski definition) is 7. The van der Waals surface area contributed by atoms with Crippen molar-refractivity contribution >= 4 is 11.8 Å². The van der Waals surface area contributed by atoms with Crippen LogP contribution in [0.4, 0.5) is 5.82 Å². The number of aromatic nitrogens is 2. The van der Waals surface area contributed by atoms with Gasteiger partial charge in [0.25, 0.3) is 5.56 Å². The van der Waals surface area contributed by atoms with Crippen molar-refractivity contribution < 1.29 is 19.4 Å². The van der Waals surface area contributed by atoms with Crippen LogP contribution in [0, 0.1) is 0 Å². The molecule has 1 aromatic carbocycles. The van der Waals surface area contributed by atoms with Gasteiger partial charge in [-0.3, -0.25) is 14.8 Å². The van der Waals surface area contributed by atoms with Gasteiger partial charge in [-0.05, 0) is 31.5 Å². The topological polar surface area (TPSA) is 134 Å². The summed E-state index contributed by atoms with van der Waals surface area (Å²) in [5.74, 6) is -1.10. The normalized spacial score (nSPS) is 15.7. The second-order valence-electron chi connectivity index (χ2n) is 5.95. The molecule has 27 heavy (non-hydrogen) atoms. The molecule has 1 aromatic heterocycles. The molecule has 142 valence electrons. The molecular weight excluding hydrogens is 354 g/mol. The number of hydrogen-bond donors (Lipinski definition) is 4. The van der Waals surface area contributed by atoms with E-state index in [2.05, 4.69) is 15.3 Å². The Morgan fingerprint density at radius 2 is 2.00 bits per heavy atom. The minimum Gasteiger partial charge on any atom is -0.504 e. The number of H-pyrrole nitrogens is 2. The summed E-state index contributed by atoms with van der Waals surface area (Å²) in [7, 11) is 1.40. The van der Waals surface area contributed by atoms with Gasteiger partial charge < -0.3 is 19.9 Å². The quantitative estimate of drug-likeness (QED) is 0.591. The van der Waals surface area contributed by atoms with Crippen LogP contribution in [-0.4, -0.2) is 34.8 Å². The molecule has 0 amide bonds. The number of rotatable bonds is 4. The van der Waals surface area contributed by atoms with Gasteiger partial charge >= 0.3 is 11.7 Å². The molecule has 0 saturated carbocycles. The lowest BCUT2D eigenvalue weighted by atomic mass is 9.82. The van der Waals surface area contributed by atoms with Gasteiger partial charge in [-0.25, -0.2) is 9.59 Å². The lowest BCUT2D eigenvalue weighted by molar-refractivity contribution is -0.138. The molecule has 1 unspecified atom stereocenters. The van der Waals surface area contributed by atoms with Gasteiger partial charge in [0.1, 0.15) is 5.82 Å². The summed E-state index contributed by atoms with van der Waals surface area (Å²) in [6.07, 6.45) is 0. The standard InChI is InChI=1S/C18H19N3O6/c1-4-27-17(24)12-8(2)19-15-14(16(23)21-18(25)20-15)13(12)9-5-6-10(22)11(7-9)26-3/h5-7,13,22H,4H2,1-3H3,(H3,19,20,21,23,25). The summed E-state index contributed by atoms with van der Waals surface area (Å²) >= 11 is 0. The number of aromatic amines is 2. The van der Waals surface area contributed by atoms with Gasteiger partial charge in [0, 0.05) is 5.70 Å². The van der Waals surface area contributed by atoms with Gasteiger partial charge in [0.05, 0.1) is 30.8 Å². The van der Waals surface area contributed by atoms with E-state index in [1.165, 1.54) is 19.2 Å². The van der Waals surface area contributed by atoms with Crippen LogP contribution in [0.2, 0.25) is 0 Å². The van der Waals surface area contributed by atoms with Crippen molar-refractivity contribution in [3.8, 4) is 11.5 Å². The number of phenols is 1. The van der Waals surface area contributed by atoms with Gasteiger partial charge in [0.15, 0.2) is 11.5 Å². The number of carbonyl (C=O) groups excluding carboxylic acids is 1. The van der Waals surface area contributed by atoms with Gasteiger partial charge in [-0.1, -0.05) is 6.07 Å². The second-order valence-corrected chi connectivity index (χ2v) is 5.95.